The summed E-state index contributed by atoms with van der Waals surface area (Å²) in [6, 6.07) is 9.51. The van der Waals surface area contributed by atoms with Crippen LogP contribution in [0.25, 0.3) is 0 Å². The van der Waals surface area contributed by atoms with Gasteiger partial charge in [-0.1, -0.05) is 39.8 Å². The number of benzene rings is 1. The van der Waals surface area contributed by atoms with Gasteiger partial charge in [-0.05, 0) is 36.5 Å². The zero-order valence-corrected chi connectivity index (χ0v) is 15.5. The zero-order chi connectivity index (χ0) is 19.0. The molecule has 0 bridgehead atoms. The first-order valence-corrected chi connectivity index (χ1v) is 8.28. The number of hydrogen-bond donors (Lipinski definition) is 1. The van der Waals surface area contributed by atoms with Crippen molar-refractivity contribution in [3.05, 3.63) is 29.8 Å². The summed E-state index contributed by atoms with van der Waals surface area (Å²) in [5, 5.41) is 11.7. The molecule has 1 rings (SSSR count). The molecule has 0 aliphatic carbocycles. The number of hydrogen-bond acceptors (Lipinski definition) is 5. The molecule has 6 heteroatoms. The topological polar surface area (TPSA) is 88.4 Å². The van der Waals surface area contributed by atoms with E-state index in [9.17, 15) is 9.59 Å². The maximum Gasteiger partial charge on any atom is 0.344 e. The van der Waals surface area contributed by atoms with Crippen molar-refractivity contribution < 1.29 is 19.1 Å². The standard InChI is InChI=1S/C19H26N2O4/c1-13(2)15-6-8-16(9-7-15)24-11-18(23)25-10-17(22)21-19(5,12-20)14(3)4/h6-9,13-14H,10-11H2,1-5H3,(H,21,22)/t19-/m0/s1. The van der Waals surface area contributed by atoms with E-state index in [1.807, 2.05) is 26.0 Å². The van der Waals surface area contributed by atoms with E-state index in [1.54, 1.807) is 19.1 Å². The number of nitriles is 1. The van der Waals surface area contributed by atoms with Crippen molar-refractivity contribution in [2.45, 2.75) is 46.1 Å². The fraction of sp³-hybridized carbons (Fsp3) is 0.526. The van der Waals surface area contributed by atoms with E-state index in [-0.39, 0.29) is 12.5 Å². The second-order valence-electron chi connectivity index (χ2n) is 6.69. The summed E-state index contributed by atoms with van der Waals surface area (Å²) < 4.78 is 10.2. The average molecular weight is 346 g/mol. The molecule has 25 heavy (non-hydrogen) atoms. The van der Waals surface area contributed by atoms with Crippen LogP contribution >= 0.6 is 0 Å². The van der Waals surface area contributed by atoms with Crippen LogP contribution in [0.1, 0.15) is 46.1 Å². The van der Waals surface area contributed by atoms with Gasteiger partial charge < -0.3 is 14.8 Å². The van der Waals surface area contributed by atoms with Crippen LogP contribution in [0.3, 0.4) is 0 Å². The number of rotatable bonds is 8. The third kappa shape index (κ3) is 6.46. The van der Waals surface area contributed by atoms with Gasteiger partial charge in [0, 0.05) is 0 Å². The minimum absolute atomic E-state index is 0.0747. The summed E-state index contributed by atoms with van der Waals surface area (Å²) in [6.07, 6.45) is 0. The third-order valence-corrected chi connectivity index (χ3v) is 4.05. The Morgan fingerprint density at radius 1 is 1.16 bits per heavy atom. The molecule has 1 amide bonds. The highest BCUT2D eigenvalue weighted by Crippen LogP contribution is 2.18. The summed E-state index contributed by atoms with van der Waals surface area (Å²) in [7, 11) is 0. The molecule has 0 aliphatic heterocycles. The number of ether oxygens (including phenoxy) is 2. The molecule has 0 radical (unpaired) electrons. The Morgan fingerprint density at radius 2 is 1.76 bits per heavy atom. The number of carbonyl (C=O) groups excluding carboxylic acids is 2. The van der Waals surface area contributed by atoms with Crippen LogP contribution in [0.5, 0.6) is 5.75 Å². The Morgan fingerprint density at radius 3 is 2.24 bits per heavy atom. The Kier molecular flexibility index (Phi) is 7.43. The van der Waals surface area contributed by atoms with Crippen LogP contribution < -0.4 is 10.1 Å². The first-order valence-electron chi connectivity index (χ1n) is 8.28. The summed E-state index contributed by atoms with van der Waals surface area (Å²) in [5.74, 6) is -0.266. The molecule has 0 spiro atoms. The largest absolute Gasteiger partial charge is 0.482 e. The number of nitrogens with one attached hydrogen (secondary N) is 1. The zero-order valence-electron chi connectivity index (χ0n) is 15.5. The quantitative estimate of drug-likeness (QED) is 0.731. The molecule has 136 valence electrons. The van der Waals surface area contributed by atoms with Crippen molar-refractivity contribution >= 4 is 11.9 Å². The van der Waals surface area contributed by atoms with Gasteiger partial charge in [-0.15, -0.1) is 0 Å². The van der Waals surface area contributed by atoms with Crippen LogP contribution in [0.15, 0.2) is 24.3 Å². The van der Waals surface area contributed by atoms with Crippen molar-refractivity contribution in [2.75, 3.05) is 13.2 Å². The van der Waals surface area contributed by atoms with Crippen molar-refractivity contribution in [3.63, 3.8) is 0 Å². The van der Waals surface area contributed by atoms with E-state index in [2.05, 4.69) is 25.2 Å². The van der Waals surface area contributed by atoms with Gasteiger partial charge in [-0.25, -0.2) is 4.79 Å². The van der Waals surface area contributed by atoms with E-state index >= 15 is 0 Å². The highest BCUT2D eigenvalue weighted by molar-refractivity contribution is 5.81. The molecule has 0 saturated carbocycles. The van der Waals surface area contributed by atoms with E-state index in [4.69, 9.17) is 14.7 Å². The highest BCUT2D eigenvalue weighted by Gasteiger charge is 2.30. The maximum absolute atomic E-state index is 11.8. The normalized spacial score (nSPS) is 13.0. The molecule has 0 heterocycles. The molecule has 1 aromatic carbocycles. The van der Waals surface area contributed by atoms with Gasteiger partial charge in [-0.2, -0.15) is 5.26 Å². The SMILES string of the molecule is CC(C)c1ccc(OCC(=O)OCC(=O)N[C@@](C)(C#N)C(C)C)cc1. The van der Waals surface area contributed by atoms with E-state index < -0.39 is 24.0 Å². The van der Waals surface area contributed by atoms with Crippen molar-refractivity contribution in [2.24, 2.45) is 5.92 Å². The smallest absolute Gasteiger partial charge is 0.344 e. The molecule has 1 aromatic rings. The van der Waals surface area contributed by atoms with Crippen molar-refractivity contribution in [1.82, 2.24) is 5.32 Å². The van der Waals surface area contributed by atoms with Gasteiger partial charge in [0.15, 0.2) is 13.2 Å². The molecule has 6 nitrogen and oxygen atoms in total. The third-order valence-electron chi connectivity index (χ3n) is 4.05. The second-order valence-corrected chi connectivity index (χ2v) is 6.69. The molecular weight excluding hydrogens is 320 g/mol. The lowest BCUT2D eigenvalue weighted by molar-refractivity contribution is -0.150. The predicted octanol–water partition coefficient (Wildman–Crippen LogP) is 2.79. The monoisotopic (exact) mass is 346 g/mol. The Balaban J connectivity index is 2.40. The number of amides is 1. The first-order chi connectivity index (χ1) is 11.7. The van der Waals surface area contributed by atoms with Gasteiger partial charge in [0.05, 0.1) is 6.07 Å². The lowest BCUT2D eigenvalue weighted by atomic mass is 9.90. The van der Waals surface area contributed by atoms with Crippen molar-refractivity contribution in [1.29, 1.82) is 5.26 Å². The molecule has 0 aliphatic rings. The Bertz CT molecular complexity index is 632. The van der Waals surface area contributed by atoms with E-state index in [1.165, 1.54) is 5.56 Å². The van der Waals surface area contributed by atoms with Gasteiger partial charge in [0.25, 0.3) is 5.91 Å². The summed E-state index contributed by atoms with van der Waals surface area (Å²) >= 11 is 0. The van der Waals surface area contributed by atoms with E-state index in [0.29, 0.717) is 11.7 Å². The Hall–Kier alpha value is -2.55. The van der Waals surface area contributed by atoms with Gasteiger partial charge in [0.1, 0.15) is 11.3 Å². The minimum atomic E-state index is -1.00. The van der Waals surface area contributed by atoms with E-state index in [0.717, 1.165) is 0 Å². The summed E-state index contributed by atoms with van der Waals surface area (Å²) in [6.45, 7) is 8.74. The van der Waals surface area contributed by atoms with Crippen molar-refractivity contribution in [3.8, 4) is 11.8 Å². The van der Waals surface area contributed by atoms with Crippen LogP contribution in [-0.2, 0) is 14.3 Å². The molecule has 1 N–H and O–H groups in total. The summed E-state index contributed by atoms with van der Waals surface area (Å²) in [5.41, 5.74) is 0.176. The molecule has 0 saturated heterocycles. The number of nitrogens with zero attached hydrogens (tertiary/aromatic N) is 1. The van der Waals surface area contributed by atoms with Crippen LogP contribution in [-0.4, -0.2) is 30.6 Å². The first kappa shape index (κ1) is 20.5. The van der Waals surface area contributed by atoms with Gasteiger partial charge in [0.2, 0.25) is 0 Å². The average Bonchev–Trinajstić information content (AvgIpc) is 2.58. The molecule has 0 unspecified atom stereocenters. The fourth-order valence-corrected chi connectivity index (χ4v) is 1.91. The molecule has 1 atom stereocenters. The summed E-state index contributed by atoms with van der Waals surface area (Å²) in [4.78, 5) is 23.5. The molecule has 0 fully saturated rings. The number of esters is 1. The molecular formula is C19H26N2O4. The fourth-order valence-electron chi connectivity index (χ4n) is 1.91. The van der Waals surface area contributed by atoms with Gasteiger partial charge >= 0.3 is 5.97 Å². The second kappa shape index (κ2) is 9.07. The molecule has 0 aromatic heterocycles. The van der Waals surface area contributed by atoms with Crippen LogP contribution in [0.2, 0.25) is 0 Å². The lowest BCUT2D eigenvalue weighted by Crippen LogP contribution is -2.50. The lowest BCUT2D eigenvalue weighted by Gasteiger charge is -2.27. The maximum atomic E-state index is 11.8. The van der Waals surface area contributed by atoms with Crippen LogP contribution in [0.4, 0.5) is 0 Å². The highest BCUT2D eigenvalue weighted by atomic mass is 16.6. The van der Waals surface area contributed by atoms with Gasteiger partial charge in [-0.3, -0.25) is 4.79 Å². The number of carbonyl (C=O) groups is 2. The van der Waals surface area contributed by atoms with Crippen LogP contribution in [0, 0.1) is 17.2 Å². The minimum Gasteiger partial charge on any atom is -0.482 e. The predicted molar refractivity (Wildman–Crippen MR) is 94.0 cm³/mol. The Labute approximate surface area is 149 Å².